The molecule has 0 fully saturated rings. The molecule has 0 unspecified atom stereocenters. The van der Waals surface area contributed by atoms with E-state index in [0.717, 1.165) is 48.8 Å². The van der Waals surface area contributed by atoms with Gasteiger partial charge in [0.15, 0.2) is 0 Å². The van der Waals surface area contributed by atoms with Crippen molar-refractivity contribution in [2.75, 3.05) is 11.9 Å². The third-order valence-electron chi connectivity index (χ3n) is 5.54. The van der Waals surface area contributed by atoms with Crippen molar-refractivity contribution >= 4 is 28.2 Å². The predicted octanol–water partition coefficient (Wildman–Crippen LogP) is 6.50. The van der Waals surface area contributed by atoms with Crippen molar-refractivity contribution < 1.29 is 14.3 Å². The number of aryl methyl sites for hydroxylation is 1. The van der Waals surface area contributed by atoms with Gasteiger partial charge in [-0.05, 0) is 60.9 Å². The molecule has 0 aliphatic heterocycles. The van der Waals surface area contributed by atoms with Gasteiger partial charge in [-0.15, -0.1) is 11.3 Å². The first-order valence-electron chi connectivity index (χ1n) is 11.0. The number of ether oxygens (including phenoxy) is 1. The second-order valence-electron chi connectivity index (χ2n) is 7.80. The summed E-state index contributed by atoms with van der Waals surface area (Å²) in [5.41, 5.74) is 4.36. The Morgan fingerprint density at radius 2 is 1.65 bits per heavy atom. The molecular formula is C26H27NO3S. The molecule has 0 bridgehead atoms. The number of anilines is 1. The smallest absolute Gasteiger partial charge is 0.341 e. The molecule has 1 amide bonds. The minimum atomic E-state index is -0.323. The zero-order chi connectivity index (χ0) is 21.6. The number of esters is 1. The molecule has 4 rings (SSSR count). The van der Waals surface area contributed by atoms with Gasteiger partial charge in [0, 0.05) is 10.4 Å². The van der Waals surface area contributed by atoms with Gasteiger partial charge in [0.25, 0.3) is 5.91 Å². The molecule has 1 aromatic heterocycles. The normalized spacial score (nSPS) is 13.2. The van der Waals surface area contributed by atoms with E-state index < -0.39 is 0 Å². The largest absolute Gasteiger partial charge is 0.462 e. The molecule has 0 radical (unpaired) electrons. The highest BCUT2D eigenvalue weighted by atomic mass is 32.1. The van der Waals surface area contributed by atoms with Gasteiger partial charge < -0.3 is 10.1 Å². The van der Waals surface area contributed by atoms with Gasteiger partial charge in [0.1, 0.15) is 5.00 Å². The van der Waals surface area contributed by atoms with Crippen molar-refractivity contribution in [3.8, 4) is 11.1 Å². The first-order valence-corrected chi connectivity index (χ1v) is 11.8. The molecule has 0 atom stereocenters. The fourth-order valence-corrected chi connectivity index (χ4v) is 5.21. The third-order valence-corrected chi connectivity index (χ3v) is 6.75. The molecule has 3 aromatic rings. The summed E-state index contributed by atoms with van der Waals surface area (Å²) >= 11 is 1.53. The Kier molecular flexibility index (Phi) is 6.82. The minimum Gasteiger partial charge on any atom is -0.462 e. The highest BCUT2D eigenvalue weighted by molar-refractivity contribution is 7.17. The van der Waals surface area contributed by atoms with Crippen molar-refractivity contribution in [2.24, 2.45) is 0 Å². The molecule has 1 N–H and O–H groups in total. The minimum absolute atomic E-state index is 0.208. The molecule has 1 aliphatic rings. The van der Waals surface area contributed by atoms with E-state index >= 15 is 0 Å². The Morgan fingerprint density at radius 3 is 2.39 bits per heavy atom. The lowest BCUT2D eigenvalue weighted by Crippen LogP contribution is -2.15. The molecule has 160 valence electrons. The number of hydrogen-bond acceptors (Lipinski definition) is 4. The maximum atomic E-state index is 13.0. The lowest BCUT2D eigenvalue weighted by atomic mass is 10.0. The monoisotopic (exact) mass is 433 g/mol. The Labute approximate surface area is 187 Å². The van der Waals surface area contributed by atoms with Crippen LogP contribution in [-0.2, 0) is 17.6 Å². The second-order valence-corrected chi connectivity index (χ2v) is 8.91. The SMILES string of the molecule is CCCOC(=O)c1c(NC(=O)c2ccc(-c3ccccc3)cc2)sc2c1CCCCC2. The quantitative estimate of drug-likeness (QED) is 0.356. The lowest BCUT2D eigenvalue weighted by molar-refractivity contribution is 0.0505. The van der Waals surface area contributed by atoms with Gasteiger partial charge in [-0.25, -0.2) is 4.79 Å². The van der Waals surface area contributed by atoms with E-state index in [1.807, 2.05) is 61.5 Å². The maximum absolute atomic E-state index is 13.0. The Hall–Kier alpha value is -2.92. The van der Waals surface area contributed by atoms with Crippen molar-refractivity contribution in [1.82, 2.24) is 0 Å². The summed E-state index contributed by atoms with van der Waals surface area (Å²) < 4.78 is 5.45. The Morgan fingerprint density at radius 1 is 0.935 bits per heavy atom. The molecule has 2 aromatic carbocycles. The molecule has 0 spiro atoms. The first-order chi connectivity index (χ1) is 15.2. The van der Waals surface area contributed by atoms with Crippen LogP contribution in [0.1, 0.15) is 63.8 Å². The summed E-state index contributed by atoms with van der Waals surface area (Å²) in [7, 11) is 0. The standard InChI is InChI=1S/C26H27NO3S/c1-2-17-30-26(29)23-21-11-7-4-8-12-22(21)31-25(23)27-24(28)20-15-13-19(14-16-20)18-9-5-3-6-10-18/h3,5-6,9-10,13-16H,2,4,7-8,11-12,17H2,1H3,(H,27,28). The van der Waals surface area contributed by atoms with E-state index in [1.165, 1.54) is 22.6 Å². The molecule has 0 saturated heterocycles. The first kappa shape index (κ1) is 21.3. The average molecular weight is 434 g/mol. The van der Waals surface area contributed by atoms with E-state index in [1.54, 1.807) is 0 Å². The number of carbonyl (C=O) groups is 2. The molecule has 4 nitrogen and oxygen atoms in total. The van der Waals surface area contributed by atoms with Crippen LogP contribution in [0.25, 0.3) is 11.1 Å². The Balaban J connectivity index is 1.58. The van der Waals surface area contributed by atoms with Crippen LogP contribution in [0.3, 0.4) is 0 Å². The van der Waals surface area contributed by atoms with Crippen LogP contribution in [0.5, 0.6) is 0 Å². The molecule has 5 heteroatoms. The summed E-state index contributed by atoms with van der Waals surface area (Å²) in [5, 5.41) is 3.62. The van der Waals surface area contributed by atoms with Crippen LogP contribution in [0.2, 0.25) is 0 Å². The number of carbonyl (C=O) groups excluding carboxylic acids is 2. The summed E-state index contributed by atoms with van der Waals surface area (Å²) in [5.74, 6) is -0.531. The summed E-state index contributed by atoms with van der Waals surface area (Å²) in [4.78, 5) is 27.0. The highest BCUT2D eigenvalue weighted by Gasteiger charge is 2.27. The maximum Gasteiger partial charge on any atom is 0.341 e. The predicted molar refractivity (Wildman–Crippen MR) is 126 cm³/mol. The average Bonchev–Trinajstić information content (AvgIpc) is 2.98. The van der Waals surface area contributed by atoms with E-state index in [9.17, 15) is 9.59 Å². The summed E-state index contributed by atoms with van der Waals surface area (Å²) in [6.07, 6.45) is 5.94. The fraction of sp³-hybridized carbons (Fsp3) is 0.308. The van der Waals surface area contributed by atoms with Crippen LogP contribution in [-0.4, -0.2) is 18.5 Å². The fourth-order valence-electron chi connectivity index (χ4n) is 3.93. The second kappa shape index (κ2) is 9.92. The zero-order valence-electron chi connectivity index (χ0n) is 17.8. The van der Waals surface area contributed by atoms with E-state index in [4.69, 9.17) is 4.74 Å². The van der Waals surface area contributed by atoms with Gasteiger partial charge in [0.2, 0.25) is 0 Å². The van der Waals surface area contributed by atoms with Gasteiger partial charge in [-0.3, -0.25) is 4.79 Å². The Bertz CT molecular complexity index is 1050. The summed E-state index contributed by atoms with van der Waals surface area (Å²) in [6, 6.07) is 17.6. The van der Waals surface area contributed by atoms with Gasteiger partial charge >= 0.3 is 5.97 Å². The van der Waals surface area contributed by atoms with Gasteiger partial charge in [0.05, 0.1) is 12.2 Å². The number of benzene rings is 2. The number of rotatable bonds is 6. The van der Waals surface area contributed by atoms with Gasteiger partial charge in [-0.1, -0.05) is 55.8 Å². The van der Waals surface area contributed by atoms with Crippen molar-refractivity contribution in [2.45, 2.75) is 45.4 Å². The van der Waals surface area contributed by atoms with E-state index in [-0.39, 0.29) is 11.9 Å². The highest BCUT2D eigenvalue weighted by Crippen LogP contribution is 2.38. The van der Waals surface area contributed by atoms with Crippen LogP contribution in [0.4, 0.5) is 5.00 Å². The van der Waals surface area contributed by atoms with Gasteiger partial charge in [-0.2, -0.15) is 0 Å². The van der Waals surface area contributed by atoms with Crippen molar-refractivity contribution in [1.29, 1.82) is 0 Å². The topological polar surface area (TPSA) is 55.4 Å². The lowest BCUT2D eigenvalue weighted by Gasteiger charge is -2.09. The van der Waals surface area contributed by atoms with Crippen LogP contribution >= 0.6 is 11.3 Å². The van der Waals surface area contributed by atoms with E-state index in [2.05, 4.69) is 5.32 Å². The molecule has 1 aliphatic carbocycles. The van der Waals surface area contributed by atoms with Crippen molar-refractivity contribution in [3.05, 3.63) is 76.2 Å². The van der Waals surface area contributed by atoms with Crippen LogP contribution in [0, 0.1) is 0 Å². The third kappa shape index (κ3) is 4.88. The van der Waals surface area contributed by atoms with Crippen LogP contribution < -0.4 is 5.32 Å². The number of amides is 1. The number of nitrogens with one attached hydrogen (secondary N) is 1. The molecular weight excluding hydrogens is 406 g/mol. The molecule has 31 heavy (non-hydrogen) atoms. The molecule has 1 heterocycles. The number of thiophene rings is 1. The molecule has 0 saturated carbocycles. The summed E-state index contributed by atoms with van der Waals surface area (Å²) in [6.45, 7) is 2.36. The number of fused-ring (bicyclic) bond motifs is 1. The van der Waals surface area contributed by atoms with Crippen molar-refractivity contribution in [3.63, 3.8) is 0 Å². The number of hydrogen-bond donors (Lipinski definition) is 1. The zero-order valence-corrected chi connectivity index (χ0v) is 18.6. The van der Waals surface area contributed by atoms with E-state index in [0.29, 0.717) is 22.7 Å². The van der Waals surface area contributed by atoms with Crippen LogP contribution in [0.15, 0.2) is 54.6 Å².